The quantitative estimate of drug-likeness (QED) is 0.778. The van der Waals surface area contributed by atoms with Crippen LogP contribution in [0.3, 0.4) is 0 Å². The molecule has 0 aromatic carbocycles. The predicted octanol–water partition coefficient (Wildman–Crippen LogP) is 2.41. The van der Waals surface area contributed by atoms with Gasteiger partial charge in [0.15, 0.2) is 5.69 Å². The second-order valence-corrected chi connectivity index (χ2v) is 8.72. The van der Waals surface area contributed by atoms with Crippen molar-refractivity contribution < 1.29 is 4.79 Å². The number of aryl methyl sites for hydroxylation is 1. The lowest BCUT2D eigenvalue weighted by molar-refractivity contribution is 0.0713. The zero-order valence-electron chi connectivity index (χ0n) is 17.8. The van der Waals surface area contributed by atoms with Gasteiger partial charge in [-0.3, -0.25) is 14.4 Å². The third-order valence-corrected chi connectivity index (χ3v) is 6.97. The van der Waals surface area contributed by atoms with Gasteiger partial charge in [0.05, 0.1) is 0 Å². The first-order valence-corrected chi connectivity index (χ1v) is 11.6. The Kier molecular flexibility index (Phi) is 6.36. The fourth-order valence-electron chi connectivity index (χ4n) is 5.24. The van der Waals surface area contributed by atoms with E-state index >= 15 is 0 Å². The van der Waals surface area contributed by atoms with E-state index in [1.165, 1.54) is 37.2 Å². The van der Waals surface area contributed by atoms with Gasteiger partial charge in [0.1, 0.15) is 0 Å². The number of piperazine rings is 1. The van der Waals surface area contributed by atoms with Gasteiger partial charge in [0.2, 0.25) is 0 Å². The fourth-order valence-corrected chi connectivity index (χ4v) is 5.24. The summed E-state index contributed by atoms with van der Waals surface area (Å²) in [6.07, 6.45) is 7.84. The van der Waals surface area contributed by atoms with Crippen LogP contribution in [0.2, 0.25) is 0 Å². The molecule has 2 saturated heterocycles. The van der Waals surface area contributed by atoms with Crippen molar-refractivity contribution in [2.45, 2.75) is 71.4 Å². The Bertz CT molecular complexity index is 671. The minimum atomic E-state index is 0.183. The molecule has 0 N–H and O–H groups in total. The molecular weight excluding hydrogens is 350 g/mol. The molecule has 0 unspecified atom stereocenters. The molecule has 0 saturated carbocycles. The molecule has 1 aliphatic carbocycles. The average Bonchev–Trinajstić information content (AvgIpc) is 3.12. The van der Waals surface area contributed by atoms with E-state index in [1.807, 2.05) is 4.90 Å². The summed E-state index contributed by atoms with van der Waals surface area (Å²) in [4.78, 5) is 20.5. The zero-order chi connectivity index (χ0) is 19.5. The first-order chi connectivity index (χ1) is 13.7. The maximum Gasteiger partial charge on any atom is 0.274 e. The minimum Gasteiger partial charge on any atom is -0.337 e. The van der Waals surface area contributed by atoms with Gasteiger partial charge in [0.25, 0.3) is 5.91 Å². The number of hydrogen-bond acceptors (Lipinski definition) is 4. The van der Waals surface area contributed by atoms with Crippen molar-refractivity contribution in [3.63, 3.8) is 0 Å². The van der Waals surface area contributed by atoms with E-state index in [2.05, 4.69) is 28.3 Å². The average molecular weight is 388 g/mol. The van der Waals surface area contributed by atoms with Crippen molar-refractivity contribution in [1.29, 1.82) is 0 Å². The summed E-state index contributed by atoms with van der Waals surface area (Å²) in [6.45, 7) is 13.0. The van der Waals surface area contributed by atoms with Crippen molar-refractivity contribution in [1.82, 2.24) is 24.5 Å². The summed E-state index contributed by atoms with van der Waals surface area (Å²) >= 11 is 0. The lowest BCUT2D eigenvalue weighted by Crippen LogP contribution is -2.51. The maximum absolute atomic E-state index is 13.3. The molecule has 6 heteroatoms. The first-order valence-electron chi connectivity index (χ1n) is 11.6. The number of hydrogen-bond donors (Lipinski definition) is 0. The molecule has 28 heavy (non-hydrogen) atoms. The number of carbonyl (C=O) groups excluding carboxylic acids is 1. The van der Waals surface area contributed by atoms with Crippen LogP contribution in [-0.4, -0.2) is 82.2 Å². The standard InChI is InChI=1S/C22H37N5O/c1-3-10-27-20-9-8-18(25-15-13-24(4-2)14-16-25)17-19(20)21(23-27)22(28)26-11-6-5-7-12-26/h18H,3-17H2,1-2H3/t18-/m0/s1. The number of fused-ring (bicyclic) bond motifs is 1. The molecule has 6 nitrogen and oxygen atoms in total. The van der Waals surface area contributed by atoms with Crippen LogP contribution in [0.4, 0.5) is 0 Å². The Morgan fingerprint density at radius 2 is 1.79 bits per heavy atom. The molecular formula is C22H37N5O. The Hall–Kier alpha value is -1.40. The van der Waals surface area contributed by atoms with Crippen LogP contribution in [0.5, 0.6) is 0 Å². The highest BCUT2D eigenvalue weighted by molar-refractivity contribution is 5.94. The molecule has 0 spiro atoms. The van der Waals surface area contributed by atoms with E-state index in [0.29, 0.717) is 6.04 Å². The molecule has 3 heterocycles. The van der Waals surface area contributed by atoms with Gasteiger partial charge in [-0.25, -0.2) is 0 Å². The Morgan fingerprint density at radius 3 is 2.46 bits per heavy atom. The fraction of sp³-hybridized carbons (Fsp3) is 0.818. The van der Waals surface area contributed by atoms with Gasteiger partial charge in [-0.05, 0) is 51.5 Å². The van der Waals surface area contributed by atoms with Gasteiger partial charge < -0.3 is 9.80 Å². The van der Waals surface area contributed by atoms with Crippen LogP contribution >= 0.6 is 0 Å². The van der Waals surface area contributed by atoms with Gasteiger partial charge in [-0.2, -0.15) is 5.10 Å². The van der Waals surface area contributed by atoms with Crippen LogP contribution in [0.15, 0.2) is 0 Å². The molecule has 4 rings (SSSR count). The van der Waals surface area contributed by atoms with Crippen molar-refractivity contribution in [2.75, 3.05) is 45.8 Å². The van der Waals surface area contributed by atoms with Gasteiger partial charge >= 0.3 is 0 Å². The van der Waals surface area contributed by atoms with Gasteiger partial charge in [-0.1, -0.05) is 13.8 Å². The molecule has 1 aromatic heterocycles. The highest BCUT2D eigenvalue weighted by Crippen LogP contribution is 2.29. The second kappa shape index (κ2) is 8.95. The Morgan fingerprint density at radius 1 is 1.04 bits per heavy atom. The smallest absolute Gasteiger partial charge is 0.274 e. The SMILES string of the molecule is CCCn1nc(C(=O)N2CCCCC2)c2c1CC[C@H](N1CCN(CC)CC1)C2. The number of likely N-dealkylation sites (N-methyl/N-ethyl adjacent to an activating group) is 1. The molecule has 1 aromatic rings. The van der Waals surface area contributed by atoms with E-state index in [-0.39, 0.29) is 5.91 Å². The predicted molar refractivity (Wildman–Crippen MR) is 112 cm³/mol. The van der Waals surface area contributed by atoms with Gasteiger partial charge in [-0.15, -0.1) is 0 Å². The minimum absolute atomic E-state index is 0.183. The molecule has 0 bridgehead atoms. The summed E-state index contributed by atoms with van der Waals surface area (Å²) in [6, 6.07) is 0.568. The Balaban J connectivity index is 1.54. The van der Waals surface area contributed by atoms with Crippen molar-refractivity contribution in [3.05, 3.63) is 17.0 Å². The number of amides is 1. The van der Waals surface area contributed by atoms with E-state index in [9.17, 15) is 4.79 Å². The lowest BCUT2D eigenvalue weighted by atomic mass is 9.89. The van der Waals surface area contributed by atoms with E-state index < -0.39 is 0 Å². The summed E-state index contributed by atoms with van der Waals surface area (Å²) in [7, 11) is 0. The van der Waals surface area contributed by atoms with Crippen LogP contribution in [0, 0.1) is 0 Å². The van der Waals surface area contributed by atoms with Crippen LogP contribution in [0.1, 0.15) is 67.7 Å². The van der Waals surface area contributed by atoms with Crippen molar-refractivity contribution in [2.24, 2.45) is 0 Å². The molecule has 3 aliphatic rings. The summed E-state index contributed by atoms with van der Waals surface area (Å²) < 4.78 is 2.15. The monoisotopic (exact) mass is 387 g/mol. The summed E-state index contributed by atoms with van der Waals surface area (Å²) in [5.41, 5.74) is 3.37. The number of aromatic nitrogens is 2. The van der Waals surface area contributed by atoms with Gasteiger partial charge in [0, 0.05) is 63.1 Å². The number of nitrogens with zero attached hydrogens (tertiary/aromatic N) is 5. The van der Waals surface area contributed by atoms with Crippen LogP contribution in [-0.2, 0) is 19.4 Å². The van der Waals surface area contributed by atoms with Crippen LogP contribution < -0.4 is 0 Å². The molecule has 0 radical (unpaired) electrons. The van der Waals surface area contributed by atoms with E-state index in [1.54, 1.807) is 0 Å². The Labute approximate surface area is 169 Å². The highest BCUT2D eigenvalue weighted by atomic mass is 16.2. The van der Waals surface area contributed by atoms with Crippen molar-refractivity contribution >= 4 is 5.91 Å². The summed E-state index contributed by atoms with van der Waals surface area (Å²) in [5.74, 6) is 0.183. The second-order valence-electron chi connectivity index (χ2n) is 8.72. The lowest BCUT2D eigenvalue weighted by Gasteiger charge is -2.40. The number of rotatable bonds is 5. The summed E-state index contributed by atoms with van der Waals surface area (Å²) in [5, 5.41) is 4.86. The van der Waals surface area contributed by atoms with Crippen molar-refractivity contribution in [3.8, 4) is 0 Å². The highest BCUT2D eigenvalue weighted by Gasteiger charge is 2.34. The topological polar surface area (TPSA) is 44.6 Å². The molecule has 2 fully saturated rings. The maximum atomic E-state index is 13.3. The first kappa shape index (κ1) is 19.9. The molecule has 156 valence electrons. The van der Waals surface area contributed by atoms with E-state index in [0.717, 1.165) is 77.1 Å². The molecule has 1 atom stereocenters. The normalized spacial score (nSPS) is 24.4. The number of carbonyl (C=O) groups is 1. The third-order valence-electron chi connectivity index (χ3n) is 6.97. The third kappa shape index (κ3) is 3.99. The molecule has 1 amide bonds. The largest absolute Gasteiger partial charge is 0.337 e. The van der Waals surface area contributed by atoms with Crippen LogP contribution in [0.25, 0.3) is 0 Å². The number of piperidine rings is 1. The molecule has 2 aliphatic heterocycles. The zero-order valence-corrected chi connectivity index (χ0v) is 17.8. The number of likely N-dealkylation sites (tertiary alicyclic amines) is 1. The van der Waals surface area contributed by atoms with E-state index in [4.69, 9.17) is 5.10 Å².